The van der Waals surface area contributed by atoms with Gasteiger partial charge in [-0.3, -0.25) is 37.8 Å². The van der Waals surface area contributed by atoms with Crippen LogP contribution >= 0.6 is 0 Å². The van der Waals surface area contributed by atoms with Gasteiger partial charge in [-0.1, -0.05) is 24.3 Å². The molecule has 6 rings (SSSR count). The van der Waals surface area contributed by atoms with Gasteiger partial charge in [-0.2, -0.15) is 33.7 Å². The van der Waals surface area contributed by atoms with Gasteiger partial charge >= 0.3 is 0 Å². The van der Waals surface area contributed by atoms with E-state index in [9.17, 15) is 71.7 Å². The standard InChI is InChI=1S/C34H24N4O16S4.Na/c39-31-23(15-27(57(49,50)51)21-3-1-11-35-29(21)31)33(41)37-19-9-7-17(25(13-19)55(43,44)45)5-6-18-8-10-20(14-26(18)56(46,47)48)38-34(42)24-16-28(58(52,53)54)22-4-2-12-36-30(22)32(24)40;/h1-16,39-40H,(H,37,41)(H,38,42)(H,43,44,45)(H,46,47,48)(H,49,50,51)(H,52,53,54);. The van der Waals surface area contributed by atoms with Crippen molar-refractivity contribution in [3.63, 3.8) is 0 Å². The Morgan fingerprint density at radius 1 is 0.508 bits per heavy atom. The van der Waals surface area contributed by atoms with Gasteiger partial charge in [0.15, 0.2) is 11.5 Å². The number of carbonyl (C=O) groups excluding carboxylic acids is 2. The number of carbonyl (C=O) groups is 2. The van der Waals surface area contributed by atoms with Gasteiger partial charge in [-0.25, -0.2) is 0 Å². The van der Waals surface area contributed by atoms with E-state index in [4.69, 9.17) is 0 Å². The Morgan fingerprint density at radius 2 is 0.847 bits per heavy atom. The van der Waals surface area contributed by atoms with Gasteiger partial charge in [0.1, 0.15) is 30.6 Å². The first-order chi connectivity index (χ1) is 26.9. The first-order valence-electron chi connectivity index (χ1n) is 15.7. The molecule has 0 aliphatic rings. The minimum Gasteiger partial charge on any atom is -0.505 e. The Hall–Kier alpha value is -5.38. The summed E-state index contributed by atoms with van der Waals surface area (Å²) in [6.07, 6.45) is 4.34. The topological polar surface area (TPSA) is 342 Å². The molecule has 20 nitrogen and oxygen atoms in total. The Morgan fingerprint density at radius 3 is 1.17 bits per heavy atom. The van der Waals surface area contributed by atoms with Gasteiger partial charge < -0.3 is 20.8 Å². The molecule has 8 N–H and O–H groups in total. The molecule has 0 bridgehead atoms. The van der Waals surface area contributed by atoms with Crippen molar-refractivity contribution < 1.29 is 71.7 Å². The van der Waals surface area contributed by atoms with E-state index in [0.29, 0.717) is 12.1 Å². The predicted octanol–water partition coefficient (Wildman–Crippen LogP) is 3.48. The molecule has 0 atom stereocenters. The number of anilines is 2. The number of amides is 2. The Bertz CT molecular complexity index is 3040. The maximum absolute atomic E-state index is 13.2. The zero-order valence-electron chi connectivity index (χ0n) is 29.5. The van der Waals surface area contributed by atoms with Crippen LogP contribution in [0.25, 0.3) is 34.0 Å². The van der Waals surface area contributed by atoms with Crippen molar-refractivity contribution in [3.8, 4) is 11.5 Å². The van der Waals surface area contributed by atoms with Crippen LogP contribution in [-0.2, 0) is 40.5 Å². The van der Waals surface area contributed by atoms with E-state index < -0.39 is 94.5 Å². The van der Waals surface area contributed by atoms with E-state index in [1.165, 1.54) is 36.7 Å². The normalized spacial score (nSPS) is 12.3. The first kappa shape index (κ1) is 44.7. The minimum absolute atomic E-state index is 0. The number of hydrogen-bond acceptors (Lipinski definition) is 14. The van der Waals surface area contributed by atoms with E-state index in [1.54, 1.807) is 0 Å². The number of aromatic nitrogens is 2. The average molecular weight is 896 g/mol. The molecule has 0 saturated carbocycles. The van der Waals surface area contributed by atoms with Crippen LogP contribution in [0.2, 0.25) is 0 Å². The van der Waals surface area contributed by atoms with Gasteiger partial charge in [0.25, 0.3) is 52.3 Å². The number of hydrogen-bond donors (Lipinski definition) is 8. The molecule has 25 heteroatoms. The van der Waals surface area contributed by atoms with E-state index in [2.05, 4.69) is 20.6 Å². The van der Waals surface area contributed by atoms with Crippen LogP contribution in [-0.4, -0.2) is 113 Å². The molecule has 2 aromatic heterocycles. The molecule has 1 radical (unpaired) electrons. The van der Waals surface area contributed by atoms with Gasteiger partial charge in [-0.15, -0.1) is 0 Å². The average Bonchev–Trinajstić information content (AvgIpc) is 3.13. The number of fused-ring (bicyclic) bond motifs is 2. The summed E-state index contributed by atoms with van der Waals surface area (Å²) >= 11 is 0. The number of phenolic OH excluding ortho intramolecular Hbond substituents is 2. The molecule has 0 aliphatic carbocycles. The number of rotatable bonds is 10. The first-order valence-corrected chi connectivity index (χ1v) is 21.4. The van der Waals surface area contributed by atoms with E-state index in [0.717, 1.165) is 48.6 Å². The SMILES string of the molecule is O=C(Nc1ccc(C=Cc2ccc(NC(=O)c3cc(S(=O)(=O)O)c4cccnc4c3O)cc2S(=O)(=O)O)c(S(=O)(=O)O)c1)c1cc(S(=O)(=O)O)c2cccnc2c1O.[Na]. The summed E-state index contributed by atoms with van der Waals surface area (Å²) in [6.45, 7) is 0. The fourth-order valence-corrected chi connectivity index (χ4v) is 8.53. The molecular formula is C34H24N4NaO16S4. The van der Waals surface area contributed by atoms with Crippen LogP contribution in [0.15, 0.2) is 105 Å². The molecule has 2 heterocycles. The fraction of sp³-hybridized carbons (Fsp3) is 0. The van der Waals surface area contributed by atoms with Gasteiger partial charge in [-0.05, 0) is 71.8 Å². The minimum atomic E-state index is -5.11. The van der Waals surface area contributed by atoms with Crippen molar-refractivity contribution >= 4 is 127 Å². The zero-order valence-corrected chi connectivity index (χ0v) is 34.8. The number of aromatic hydroxyl groups is 2. The smallest absolute Gasteiger partial charge is 0.295 e. The number of nitrogens with zero attached hydrogens (tertiary/aromatic N) is 2. The van der Waals surface area contributed by atoms with Gasteiger partial charge in [0.05, 0.1) is 11.1 Å². The summed E-state index contributed by atoms with van der Waals surface area (Å²) in [5.41, 5.74) is -3.36. The van der Waals surface area contributed by atoms with Gasteiger partial charge in [0, 0.05) is 64.1 Å². The van der Waals surface area contributed by atoms with E-state index in [1.807, 2.05) is 0 Å². The summed E-state index contributed by atoms with van der Waals surface area (Å²) in [5, 5.41) is 25.4. The summed E-state index contributed by atoms with van der Waals surface area (Å²) in [4.78, 5) is 30.8. The molecule has 2 amide bonds. The van der Waals surface area contributed by atoms with E-state index in [-0.39, 0.29) is 73.9 Å². The molecule has 6 aromatic rings. The van der Waals surface area contributed by atoms with Crippen LogP contribution in [0, 0.1) is 0 Å². The Kier molecular flexibility index (Phi) is 12.4. The van der Waals surface area contributed by atoms with Crippen molar-refractivity contribution in [2.45, 2.75) is 19.6 Å². The monoisotopic (exact) mass is 895 g/mol. The second-order valence-electron chi connectivity index (χ2n) is 12.0. The second kappa shape index (κ2) is 16.3. The maximum Gasteiger partial charge on any atom is 0.295 e. The third kappa shape index (κ3) is 9.42. The molecule has 59 heavy (non-hydrogen) atoms. The fourth-order valence-electron chi connectivity index (χ4n) is 5.69. The Balaban J connectivity index is 0.00000661. The number of nitrogens with one attached hydrogen (secondary N) is 2. The number of phenols is 2. The molecule has 0 unspecified atom stereocenters. The van der Waals surface area contributed by atoms with Crippen LogP contribution in [0.3, 0.4) is 0 Å². The number of benzene rings is 4. The third-order valence-corrected chi connectivity index (χ3v) is 11.8. The van der Waals surface area contributed by atoms with Crippen molar-refractivity contribution in [1.29, 1.82) is 0 Å². The zero-order chi connectivity index (χ0) is 42.5. The summed E-state index contributed by atoms with van der Waals surface area (Å²) in [5.74, 6) is -3.97. The van der Waals surface area contributed by atoms with Crippen LogP contribution in [0.5, 0.6) is 11.5 Å². The molecular weight excluding hydrogens is 872 g/mol. The van der Waals surface area contributed by atoms with Crippen molar-refractivity contribution in [3.05, 3.63) is 107 Å². The molecule has 4 aromatic carbocycles. The summed E-state index contributed by atoms with van der Waals surface area (Å²) in [6, 6.07) is 12.2. The number of pyridine rings is 2. The summed E-state index contributed by atoms with van der Waals surface area (Å²) < 4.78 is 137. The van der Waals surface area contributed by atoms with Crippen LogP contribution in [0.4, 0.5) is 11.4 Å². The van der Waals surface area contributed by atoms with Crippen molar-refractivity contribution in [2.75, 3.05) is 10.6 Å². The van der Waals surface area contributed by atoms with Crippen LogP contribution in [0.1, 0.15) is 31.8 Å². The molecule has 0 fully saturated rings. The van der Waals surface area contributed by atoms with Gasteiger partial charge in [0.2, 0.25) is 0 Å². The molecule has 0 saturated heterocycles. The Labute approximate surface area is 355 Å². The second-order valence-corrected chi connectivity index (χ2v) is 17.5. The maximum atomic E-state index is 13.2. The van der Waals surface area contributed by atoms with E-state index >= 15 is 0 Å². The molecule has 0 spiro atoms. The van der Waals surface area contributed by atoms with Crippen LogP contribution < -0.4 is 10.6 Å². The quantitative estimate of drug-likeness (QED) is 0.0554. The predicted molar refractivity (Wildman–Crippen MR) is 210 cm³/mol. The largest absolute Gasteiger partial charge is 0.505 e. The van der Waals surface area contributed by atoms with Crippen molar-refractivity contribution in [2.24, 2.45) is 0 Å². The molecule has 301 valence electrons. The van der Waals surface area contributed by atoms with Crippen molar-refractivity contribution in [1.82, 2.24) is 9.97 Å². The summed E-state index contributed by atoms with van der Waals surface area (Å²) in [7, 11) is -20.1. The third-order valence-electron chi connectivity index (χ3n) is 8.24. The molecule has 0 aliphatic heterocycles.